The summed E-state index contributed by atoms with van der Waals surface area (Å²) in [6, 6.07) is 21.6. The molecule has 22 heavy (non-hydrogen) atoms. The molecule has 0 N–H and O–H groups in total. The first-order chi connectivity index (χ1) is 10.8. The SMILES string of the molecule is COC1CC(c2ccccc2)CN(CCc2ccccc2)C1. The van der Waals surface area contributed by atoms with E-state index in [2.05, 4.69) is 65.6 Å². The second kappa shape index (κ2) is 7.57. The maximum atomic E-state index is 5.68. The highest BCUT2D eigenvalue weighted by molar-refractivity contribution is 5.21. The van der Waals surface area contributed by atoms with Crippen molar-refractivity contribution in [1.29, 1.82) is 0 Å². The predicted molar refractivity (Wildman–Crippen MR) is 91.2 cm³/mol. The van der Waals surface area contributed by atoms with Gasteiger partial charge in [0.1, 0.15) is 0 Å². The van der Waals surface area contributed by atoms with Gasteiger partial charge >= 0.3 is 0 Å². The molecular formula is C20H25NO. The minimum Gasteiger partial charge on any atom is -0.380 e. The van der Waals surface area contributed by atoms with Crippen molar-refractivity contribution in [2.24, 2.45) is 0 Å². The number of ether oxygens (including phenoxy) is 1. The van der Waals surface area contributed by atoms with Crippen LogP contribution in [0.1, 0.15) is 23.5 Å². The molecule has 0 spiro atoms. The van der Waals surface area contributed by atoms with E-state index in [-0.39, 0.29) is 0 Å². The van der Waals surface area contributed by atoms with Gasteiger partial charge in [-0.15, -0.1) is 0 Å². The lowest BCUT2D eigenvalue weighted by Gasteiger charge is -2.37. The molecule has 2 nitrogen and oxygen atoms in total. The van der Waals surface area contributed by atoms with E-state index >= 15 is 0 Å². The number of benzene rings is 2. The lowest BCUT2D eigenvalue weighted by atomic mass is 9.89. The highest BCUT2D eigenvalue weighted by atomic mass is 16.5. The van der Waals surface area contributed by atoms with Crippen LogP contribution in [0.5, 0.6) is 0 Å². The van der Waals surface area contributed by atoms with E-state index in [1.54, 1.807) is 0 Å². The fourth-order valence-electron chi connectivity index (χ4n) is 3.39. The van der Waals surface area contributed by atoms with Crippen LogP contribution in [0.2, 0.25) is 0 Å². The van der Waals surface area contributed by atoms with Gasteiger partial charge in [-0.05, 0) is 29.9 Å². The Labute approximate surface area is 133 Å². The van der Waals surface area contributed by atoms with Crippen LogP contribution in [-0.2, 0) is 11.2 Å². The monoisotopic (exact) mass is 295 g/mol. The van der Waals surface area contributed by atoms with Gasteiger partial charge in [0, 0.05) is 26.7 Å². The van der Waals surface area contributed by atoms with Crippen LogP contribution in [-0.4, -0.2) is 37.7 Å². The van der Waals surface area contributed by atoms with Crippen molar-refractivity contribution in [1.82, 2.24) is 4.90 Å². The van der Waals surface area contributed by atoms with Gasteiger partial charge in [-0.25, -0.2) is 0 Å². The van der Waals surface area contributed by atoms with Crippen molar-refractivity contribution >= 4 is 0 Å². The van der Waals surface area contributed by atoms with E-state index in [1.807, 2.05) is 7.11 Å². The van der Waals surface area contributed by atoms with Crippen LogP contribution in [0.3, 0.4) is 0 Å². The molecule has 1 aliphatic rings. The Morgan fingerprint density at radius 2 is 1.64 bits per heavy atom. The largest absolute Gasteiger partial charge is 0.380 e. The number of nitrogens with zero attached hydrogens (tertiary/aromatic N) is 1. The van der Waals surface area contributed by atoms with Crippen molar-refractivity contribution in [3.8, 4) is 0 Å². The average molecular weight is 295 g/mol. The maximum Gasteiger partial charge on any atom is 0.0704 e. The van der Waals surface area contributed by atoms with Gasteiger partial charge in [-0.2, -0.15) is 0 Å². The average Bonchev–Trinajstić information content (AvgIpc) is 2.61. The predicted octanol–water partition coefficient (Wildman–Crippen LogP) is 3.73. The summed E-state index contributed by atoms with van der Waals surface area (Å²) in [5, 5.41) is 0. The highest BCUT2D eigenvalue weighted by Gasteiger charge is 2.27. The molecule has 2 aromatic rings. The summed E-state index contributed by atoms with van der Waals surface area (Å²) in [7, 11) is 1.84. The number of piperidine rings is 1. The molecule has 1 fully saturated rings. The molecule has 2 aromatic carbocycles. The van der Waals surface area contributed by atoms with Crippen LogP contribution in [0.4, 0.5) is 0 Å². The van der Waals surface area contributed by atoms with Gasteiger partial charge in [0.05, 0.1) is 6.10 Å². The third-order valence-electron chi connectivity index (χ3n) is 4.65. The third kappa shape index (κ3) is 3.96. The Bertz CT molecular complexity index is 554. The molecular weight excluding hydrogens is 270 g/mol. The Kier molecular flexibility index (Phi) is 5.25. The molecule has 0 saturated carbocycles. The molecule has 0 bridgehead atoms. The van der Waals surface area contributed by atoms with Crippen LogP contribution >= 0.6 is 0 Å². The van der Waals surface area contributed by atoms with Crippen LogP contribution < -0.4 is 0 Å². The molecule has 2 atom stereocenters. The summed E-state index contributed by atoms with van der Waals surface area (Å²) in [5.41, 5.74) is 2.85. The second-order valence-electron chi connectivity index (χ2n) is 6.20. The molecule has 116 valence electrons. The molecule has 0 radical (unpaired) electrons. The number of methoxy groups -OCH3 is 1. The molecule has 0 amide bonds. The fraction of sp³-hybridized carbons (Fsp3) is 0.400. The molecule has 0 aliphatic carbocycles. The first-order valence-corrected chi connectivity index (χ1v) is 8.19. The Morgan fingerprint density at radius 3 is 2.32 bits per heavy atom. The van der Waals surface area contributed by atoms with E-state index in [0.717, 1.165) is 32.5 Å². The first-order valence-electron chi connectivity index (χ1n) is 8.19. The summed E-state index contributed by atoms with van der Waals surface area (Å²) in [6.07, 6.45) is 2.58. The van der Waals surface area contributed by atoms with Crippen molar-refractivity contribution in [3.05, 3.63) is 71.8 Å². The number of hydrogen-bond acceptors (Lipinski definition) is 2. The zero-order valence-electron chi connectivity index (χ0n) is 13.3. The highest BCUT2D eigenvalue weighted by Crippen LogP contribution is 2.28. The van der Waals surface area contributed by atoms with E-state index in [4.69, 9.17) is 4.74 Å². The Morgan fingerprint density at radius 1 is 0.955 bits per heavy atom. The van der Waals surface area contributed by atoms with E-state index in [1.165, 1.54) is 11.1 Å². The van der Waals surface area contributed by atoms with E-state index < -0.39 is 0 Å². The van der Waals surface area contributed by atoms with Gasteiger partial charge in [-0.3, -0.25) is 4.90 Å². The zero-order valence-corrected chi connectivity index (χ0v) is 13.3. The molecule has 0 aromatic heterocycles. The lowest BCUT2D eigenvalue weighted by Crippen LogP contribution is -2.43. The van der Waals surface area contributed by atoms with E-state index in [0.29, 0.717) is 12.0 Å². The smallest absolute Gasteiger partial charge is 0.0704 e. The quantitative estimate of drug-likeness (QED) is 0.833. The first kappa shape index (κ1) is 15.3. The van der Waals surface area contributed by atoms with Gasteiger partial charge in [0.25, 0.3) is 0 Å². The van der Waals surface area contributed by atoms with Gasteiger partial charge in [0.2, 0.25) is 0 Å². The topological polar surface area (TPSA) is 12.5 Å². The molecule has 2 heteroatoms. The lowest BCUT2D eigenvalue weighted by molar-refractivity contribution is 0.0227. The van der Waals surface area contributed by atoms with Crippen LogP contribution in [0.25, 0.3) is 0 Å². The van der Waals surface area contributed by atoms with E-state index in [9.17, 15) is 0 Å². The van der Waals surface area contributed by atoms with Crippen molar-refractivity contribution < 1.29 is 4.74 Å². The fourth-order valence-corrected chi connectivity index (χ4v) is 3.39. The summed E-state index contributed by atoms with van der Waals surface area (Å²) in [4.78, 5) is 2.56. The molecule has 1 heterocycles. The summed E-state index contributed by atoms with van der Waals surface area (Å²) < 4.78 is 5.68. The van der Waals surface area contributed by atoms with Crippen molar-refractivity contribution in [2.45, 2.75) is 24.9 Å². The molecule has 2 unspecified atom stereocenters. The molecule has 1 saturated heterocycles. The maximum absolute atomic E-state index is 5.68. The Balaban J connectivity index is 1.63. The number of likely N-dealkylation sites (tertiary alicyclic amines) is 1. The Hall–Kier alpha value is -1.64. The third-order valence-corrected chi connectivity index (χ3v) is 4.65. The second-order valence-corrected chi connectivity index (χ2v) is 6.20. The minimum atomic E-state index is 0.342. The van der Waals surface area contributed by atoms with Crippen molar-refractivity contribution in [3.63, 3.8) is 0 Å². The summed E-state index contributed by atoms with van der Waals surface area (Å²) in [6.45, 7) is 3.29. The van der Waals surface area contributed by atoms with Crippen LogP contribution in [0.15, 0.2) is 60.7 Å². The van der Waals surface area contributed by atoms with Gasteiger partial charge in [-0.1, -0.05) is 60.7 Å². The molecule has 3 rings (SSSR count). The van der Waals surface area contributed by atoms with Gasteiger partial charge in [0.15, 0.2) is 0 Å². The summed E-state index contributed by atoms with van der Waals surface area (Å²) in [5.74, 6) is 0.579. The van der Waals surface area contributed by atoms with Crippen LogP contribution in [0, 0.1) is 0 Å². The molecule has 1 aliphatic heterocycles. The summed E-state index contributed by atoms with van der Waals surface area (Å²) >= 11 is 0. The van der Waals surface area contributed by atoms with Gasteiger partial charge < -0.3 is 4.74 Å². The standard InChI is InChI=1S/C20H25NO/c1-22-20-14-19(18-10-6-3-7-11-18)15-21(16-20)13-12-17-8-4-2-5-9-17/h2-11,19-20H,12-16H2,1H3. The normalized spacial score (nSPS) is 22.6. The zero-order chi connectivity index (χ0) is 15.2. The minimum absolute atomic E-state index is 0.342. The number of hydrogen-bond donors (Lipinski definition) is 0. The van der Waals surface area contributed by atoms with Crippen molar-refractivity contribution in [2.75, 3.05) is 26.7 Å². The number of rotatable bonds is 5.